The highest BCUT2D eigenvalue weighted by Crippen LogP contribution is 2.39. The fraction of sp³-hybridized carbons (Fsp3) is 0.556. The summed E-state index contributed by atoms with van der Waals surface area (Å²) in [7, 11) is 0. The maximum absolute atomic E-state index is 13.6. The monoisotopic (exact) mass is 400 g/mol. The number of ether oxygens (including phenoxy) is 1. The number of imidazole rings is 1. The standard InChI is InChI=1S/C18H23F3N4O3/c1-17(2,3)28-16(27)24-8-6-10(7-9-24)25-14-12(23-15(25)26)5-4-11(22)13(14)18(19,20)21/h4-5,10H,6-9,22H2,1-3H3,(H,23,26). The van der Waals surface area contributed by atoms with Crippen LogP contribution < -0.4 is 11.4 Å². The molecule has 0 bridgehead atoms. The van der Waals surface area contributed by atoms with Crippen molar-refractivity contribution in [3.63, 3.8) is 0 Å². The summed E-state index contributed by atoms with van der Waals surface area (Å²) in [6, 6.07) is 2.02. The van der Waals surface area contributed by atoms with Gasteiger partial charge in [-0.3, -0.25) is 4.57 Å². The predicted octanol–water partition coefficient (Wildman–Crippen LogP) is 3.50. The van der Waals surface area contributed by atoms with Gasteiger partial charge in [-0.05, 0) is 45.7 Å². The van der Waals surface area contributed by atoms with E-state index in [1.165, 1.54) is 11.0 Å². The van der Waals surface area contributed by atoms with Crippen LogP contribution in [0, 0.1) is 0 Å². The summed E-state index contributed by atoms with van der Waals surface area (Å²) in [4.78, 5) is 28.6. The molecule has 1 aliphatic rings. The van der Waals surface area contributed by atoms with Crippen LogP contribution in [0.3, 0.4) is 0 Å². The first kappa shape index (κ1) is 20.1. The Kier molecular flexibility index (Phi) is 4.84. The molecule has 28 heavy (non-hydrogen) atoms. The number of hydrogen-bond acceptors (Lipinski definition) is 4. The normalized spacial score (nSPS) is 16.6. The molecule has 10 heteroatoms. The molecule has 1 amide bonds. The lowest BCUT2D eigenvalue weighted by molar-refractivity contribution is -0.135. The van der Waals surface area contributed by atoms with Gasteiger partial charge >= 0.3 is 18.0 Å². The van der Waals surface area contributed by atoms with Crippen LogP contribution in [0.1, 0.15) is 45.2 Å². The van der Waals surface area contributed by atoms with Gasteiger partial charge in [0.2, 0.25) is 0 Å². The average Bonchev–Trinajstić information content (AvgIpc) is 2.87. The van der Waals surface area contributed by atoms with Crippen molar-refractivity contribution in [1.82, 2.24) is 14.5 Å². The number of anilines is 1. The highest BCUT2D eigenvalue weighted by Gasteiger charge is 2.38. The van der Waals surface area contributed by atoms with Gasteiger partial charge in [0.25, 0.3) is 0 Å². The summed E-state index contributed by atoms with van der Waals surface area (Å²) in [5.41, 5.74) is 2.72. The summed E-state index contributed by atoms with van der Waals surface area (Å²) in [5, 5.41) is 0. The van der Waals surface area contributed by atoms with Gasteiger partial charge < -0.3 is 20.4 Å². The van der Waals surface area contributed by atoms with Crippen molar-refractivity contribution in [1.29, 1.82) is 0 Å². The number of halogens is 3. The number of benzene rings is 1. The molecular formula is C18H23F3N4O3. The minimum absolute atomic E-state index is 0.0843. The van der Waals surface area contributed by atoms with Gasteiger partial charge in [-0.15, -0.1) is 0 Å². The molecule has 2 heterocycles. The van der Waals surface area contributed by atoms with E-state index in [1.54, 1.807) is 20.8 Å². The van der Waals surface area contributed by atoms with Gasteiger partial charge in [0.05, 0.1) is 11.0 Å². The third-order valence-corrected chi connectivity index (χ3v) is 4.68. The lowest BCUT2D eigenvalue weighted by Crippen LogP contribution is -2.43. The number of nitrogen functional groups attached to an aromatic ring is 1. The summed E-state index contributed by atoms with van der Waals surface area (Å²) in [6.45, 7) is 5.83. The zero-order valence-corrected chi connectivity index (χ0v) is 15.9. The molecule has 7 nitrogen and oxygen atoms in total. The average molecular weight is 400 g/mol. The molecule has 1 saturated heterocycles. The third-order valence-electron chi connectivity index (χ3n) is 4.68. The Labute approximate surface area is 159 Å². The number of nitrogens with one attached hydrogen (secondary N) is 1. The summed E-state index contributed by atoms with van der Waals surface area (Å²) >= 11 is 0. The van der Waals surface area contributed by atoms with Gasteiger partial charge in [-0.1, -0.05) is 0 Å². The van der Waals surface area contributed by atoms with Crippen LogP contribution >= 0.6 is 0 Å². The maximum atomic E-state index is 13.6. The van der Waals surface area contributed by atoms with Crippen molar-refractivity contribution in [2.75, 3.05) is 18.8 Å². The highest BCUT2D eigenvalue weighted by molar-refractivity contribution is 5.85. The molecule has 0 radical (unpaired) electrons. The fourth-order valence-corrected chi connectivity index (χ4v) is 3.51. The smallest absolute Gasteiger partial charge is 0.420 e. The Morgan fingerprint density at radius 2 is 1.82 bits per heavy atom. The number of aromatic amines is 1. The molecule has 0 unspecified atom stereocenters. The van der Waals surface area contributed by atoms with E-state index in [4.69, 9.17) is 10.5 Å². The number of nitrogens with two attached hydrogens (primary N) is 1. The first-order valence-electron chi connectivity index (χ1n) is 8.96. The van der Waals surface area contributed by atoms with Crippen LogP contribution in [0.2, 0.25) is 0 Å². The second kappa shape index (κ2) is 6.75. The van der Waals surface area contributed by atoms with Crippen LogP contribution in [0.4, 0.5) is 23.7 Å². The molecule has 1 aromatic carbocycles. The maximum Gasteiger partial charge on any atom is 0.420 e. The number of fused-ring (bicyclic) bond motifs is 1. The fourth-order valence-electron chi connectivity index (χ4n) is 3.51. The Morgan fingerprint density at radius 1 is 1.21 bits per heavy atom. The molecule has 2 aromatic rings. The highest BCUT2D eigenvalue weighted by atomic mass is 19.4. The number of likely N-dealkylation sites (tertiary alicyclic amines) is 1. The van der Waals surface area contributed by atoms with Gasteiger partial charge in [0, 0.05) is 24.8 Å². The molecule has 0 spiro atoms. The minimum Gasteiger partial charge on any atom is -0.444 e. The van der Waals surface area contributed by atoms with Crippen LogP contribution in [-0.2, 0) is 10.9 Å². The van der Waals surface area contributed by atoms with Gasteiger partial charge in [-0.25, -0.2) is 9.59 Å². The third kappa shape index (κ3) is 3.81. The van der Waals surface area contributed by atoms with Crippen LogP contribution in [0.15, 0.2) is 16.9 Å². The lowest BCUT2D eigenvalue weighted by atomic mass is 10.0. The zero-order valence-electron chi connectivity index (χ0n) is 15.9. The molecular weight excluding hydrogens is 377 g/mol. The van der Waals surface area contributed by atoms with Gasteiger partial charge in [0.1, 0.15) is 11.2 Å². The number of nitrogens with zero attached hydrogens (tertiary/aromatic N) is 2. The number of hydrogen-bond donors (Lipinski definition) is 2. The molecule has 1 aliphatic heterocycles. The van der Waals surface area contributed by atoms with Gasteiger partial charge in [-0.2, -0.15) is 13.2 Å². The van der Waals surface area contributed by atoms with Crippen molar-refractivity contribution in [2.24, 2.45) is 0 Å². The number of amides is 1. The lowest BCUT2D eigenvalue weighted by Gasteiger charge is -2.34. The molecule has 3 N–H and O–H groups in total. The Bertz CT molecular complexity index is 948. The number of aromatic nitrogens is 2. The first-order chi connectivity index (χ1) is 12.9. The molecule has 3 rings (SSSR count). The second-order valence-corrected chi connectivity index (χ2v) is 7.92. The topological polar surface area (TPSA) is 93.3 Å². The summed E-state index contributed by atoms with van der Waals surface area (Å²) < 4.78 is 47.2. The van der Waals surface area contributed by atoms with E-state index >= 15 is 0 Å². The van der Waals surface area contributed by atoms with E-state index in [0.29, 0.717) is 12.8 Å². The molecule has 0 saturated carbocycles. The van der Waals surface area contributed by atoms with Crippen molar-refractivity contribution < 1.29 is 22.7 Å². The van der Waals surface area contributed by atoms with Crippen molar-refractivity contribution in [3.05, 3.63) is 28.2 Å². The largest absolute Gasteiger partial charge is 0.444 e. The Morgan fingerprint density at radius 3 is 2.36 bits per heavy atom. The predicted molar refractivity (Wildman–Crippen MR) is 98.1 cm³/mol. The van der Waals surface area contributed by atoms with Crippen LogP contribution in [0.25, 0.3) is 11.0 Å². The van der Waals surface area contributed by atoms with Crippen LogP contribution in [-0.4, -0.2) is 39.2 Å². The van der Waals surface area contributed by atoms with E-state index in [0.717, 1.165) is 10.6 Å². The first-order valence-corrected chi connectivity index (χ1v) is 8.96. The van der Waals surface area contributed by atoms with E-state index in [-0.39, 0.29) is 24.1 Å². The number of alkyl halides is 3. The SMILES string of the molecule is CC(C)(C)OC(=O)N1CCC(n2c(=O)[nH]c3ccc(N)c(C(F)(F)F)c32)CC1. The molecule has 1 fully saturated rings. The van der Waals surface area contributed by atoms with Crippen molar-refractivity contribution in [3.8, 4) is 0 Å². The zero-order chi connectivity index (χ0) is 20.9. The van der Waals surface area contributed by atoms with E-state index < -0.39 is 40.9 Å². The minimum atomic E-state index is -4.70. The number of H-pyrrole nitrogens is 1. The number of rotatable bonds is 1. The Balaban J connectivity index is 1.92. The molecule has 0 aliphatic carbocycles. The van der Waals surface area contributed by atoms with Gasteiger partial charge in [0.15, 0.2) is 0 Å². The summed E-state index contributed by atoms with van der Waals surface area (Å²) in [6.07, 6.45) is -4.51. The molecule has 0 atom stereocenters. The molecule has 154 valence electrons. The van der Waals surface area contributed by atoms with E-state index in [2.05, 4.69) is 4.98 Å². The number of piperidine rings is 1. The van der Waals surface area contributed by atoms with Crippen molar-refractivity contribution in [2.45, 2.75) is 51.4 Å². The summed E-state index contributed by atoms with van der Waals surface area (Å²) in [5.74, 6) is 0. The number of carbonyl (C=O) groups excluding carboxylic acids is 1. The second-order valence-electron chi connectivity index (χ2n) is 7.92. The quantitative estimate of drug-likeness (QED) is 0.717. The number of carbonyl (C=O) groups is 1. The molecule has 1 aromatic heterocycles. The van der Waals surface area contributed by atoms with E-state index in [9.17, 15) is 22.8 Å². The Hall–Kier alpha value is -2.65. The van der Waals surface area contributed by atoms with Crippen LogP contribution in [0.5, 0.6) is 0 Å². The van der Waals surface area contributed by atoms with Crippen molar-refractivity contribution >= 4 is 22.8 Å². The van der Waals surface area contributed by atoms with E-state index in [1.807, 2.05) is 0 Å².